The zero-order valence-corrected chi connectivity index (χ0v) is 14.7. The number of benzene rings is 1. The highest BCUT2D eigenvalue weighted by atomic mass is 16.2. The summed E-state index contributed by atoms with van der Waals surface area (Å²) < 4.78 is 1.87. The lowest BCUT2D eigenvalue weighted by molar-refractivity contribution is -0.114. The van der Waals surface area contributed by atoms with Gasteiger partial charge in [0.1, 0.15) is 0 Å². The second kappa shape index (κ2) is 7.65. The van der Waals surface area contributed by atoms with Gasteiger partial charge in [-0.15, -0.1) is 0 Å². The fourth-order valence-corrected chi connectivity index (χ4v) is 2.41. The summed E-state index contributed by atoms with van der Waals surface area (Å²) in [6.45, 7) is 9.92. The van der Waals surface area contributed by atoms with Crippen LogP contribution >= 0.6 is 0 Å². The summed E-state index contributed by atoms with van der Waals surface area (Å²) in [5.41, 5.74) is 8.11. The summed E-state index contributed by atoms with van der Waals surface area (Å²) in [7, 11) is 0. The van der Waals surface area contributed by atoms with Gasteiger partial charge >= 0.3 is 6.03 Å². The third kappa shape index (κ3) is 4.47. The average Bonchev–Trinajstić information content (AvgIpc) is 2.92. The number of amides is 3. The maximum atomic E-state index is 12.4. The van der Waals surface area contributed by atoms with Gasteiger partial charge in [-0.25, -0.2) is 4.79 Å². The zero-order valence-electron chi connectivity index (χ0n) is 14.7. The predicted molar refractivity (Wildman–Crippen MR) is 98.4 cm³/mol. The average molecular weight is 341 g/mol. The zero-order chi connectivity index (χ0) is 18.6. The van der Waals surface area contributed by atoms with Crippen molar-refractivity contribution in [1.82, 2.24) is 9.78 Å². The minimum absolute atomic E-state index is 0.235. The van der Waals surface area contributed by atoms with Crippen LogP contribution in [0.15, 0.2) is 43.1 Å². The van der Waals surface area contributed by atoms with Crippen molar-refractivity contribution in [1.29, 1.82) is 0 Å². The van der Waals surface area contributed by atoms with E-state index in [4.69, 9.17) is 5.73 Å². The van der Waals surface area contributed by atoms with E-state index in [1.807, 2.05) is 31.6 Å². The first-order valence-corrected chi connectivity index (χ1v) is 7.97. The van der Waals surface area contributed by atoms with Crippen molar-refractivity contribution in [2.45, 2.75) is 33.4 Å². The Labute approximate surface area is 147 Å². The SMILES string of the molecule is C=CC(=O)N(Cc1cn(C(C)C)nc1C)c1cccc(NC(N)=O)c1. The van der Waals surface area contributed by atoms with Crippen LogP contribution in [0.25, 0.3) is 0 Å². The molecule has 0 fully saturated rings. The summed E-state index contributed by atoms with van der Waals surface area (Å²) in [5, 5.41) is 6.99. The summed E-state index contributed by atoms with van der Waals surface area (Å²) in [6, 6.07) is 6.50. The number of primary amides is 1. The first-order valence-electron chi connectivity index (χ1n) is 7.97. The molecule has 1 heterocycles. The smallest absolute Gasteiger partial charge is 0.316 e. The number of nitrogens with zero attached hydrogens (tertiary/aromatic N) is 3. The van der Waals surface area contributed by atoms with Crippen LogP contribution in [-0.4, -0.2) is 21.7 Å². The molecule has 2 rings (SSSR count). The lowest BCUT2D eigenvalue weighted by Crippen LogP contribution is -2.29. The highest BCUT2D eigenvalue weighted by Crippen LogP contribution is 2.23. The first kappa shape index (κ1) is 18.3. The Balaban J connectivity index is 2.36. The fourth-order valence-electron chi connectivity index (χ4n) is 2.41. The van der Waals surface area contributed by atoms with Gasteiger partial charge in [0.05, 0.1) is 12.2 Å². The number of aromatic nitrogens is 2. The number of anilines is 2. The summed E-state index contributed by atoms with van der Waals surface area (Å²) in [5.74, 6) is -0.243. The Kier molecular flexibility index (Phi) is 5.59. The molecule has 0 bridgehead atoms. The number of hydrogen-bond donors (Lipinski definition) is 2. The third-order valence-corrected chi connectivity index (χ3v) is 3.74. The van der Waals surface area contributed by atoms with Gasteiger partial charge in [0.25, 0.3) is 5.91 Å². The second-order valence-electron chi connectivity index (χ2n) is 5.98. The van der Waals surface area contributed by atoms with Crippen LogP contribution < -0.4 is 16.0 Å². The molecule has 2 aromatic rings. The standard InChI is InChI=1S/C18H23N5O2/c1-5-17(24)22(10-14-11-23(12(2)3)21-13(14)4)16-8-6-7-15(9-16)20-18(19)25/h5-9,11-12H,1,10H2,2-4H3,(H3,19,20,25). The minimum Gasteiger partial charge on any atom is -0.351 e. The van der Waals surface area contributed by atoms with Crippen molar-refractivity contribution >= 4 is 23.3 Å². The van der Waals surface area contributed by atoms with E-state index in [2.05, 4.69) is 17.0 Å². The van der Waals surface area contributed by atoms with Crippen molar-refractivity contribution in [3.63, 3.8) is 0 Å². The molecule has 0 aliphatic rings. The normalized spacial score (nSPS) is 10.6. The third-order valence-electron chi connectivity index (χ3n) is 3.74. The van der Waals surface area contributed by atoms with Gasteiger partial charge in [0.2, 0.25) is 0 Å². The van der Waals surface area contributed by atoms with Crippen LogP contribution in [0.1, 0.15) is 31.1 Å². The van der Waals surface area contributed by atoms with Crippen molar-refractivity contribution < 1.29 is 9.59 Å². The highest BCUT2D eigenvalue weighted by molar-refractivity contribution is 6.01. The van der Waals surface area contributed by atoms with E-state index >= 15 is 0 Å². The Bertz CT molecular complexity index is 795. The molecule has 0 aliphatic carbocycles. The molecule has 0 saturated heterocycles. The molecule has 0 spiro atoms. The molecule has 7 heteroatoms. The highest BCUT2D eigenvalue weighted by Gasteiger charge is 2.17. The minimum atomic E-state index is -0.659. The number of aryl methyl sites for hydroxylation is 1. The predicted octanol–water partition coefficient (Wildman–Crippen LogP) is 2.98. The summed E-state index contributed by atoms with van der Waals surface area (Å²) in [4.78, 5) is 25.0. The second-order valence-corrected chi connectivity index (χ2v) is 5.98. The topological polar surface area (TPSA) is 93.2 Å². The van der Waals surface area contributed by atoms with Crippen molar-refractivity contribution in [2.75, 3.05) is 10.2 Å². The van der Waals surface area contributed by atoms with Crippen molar-refractivity contribution in [3.8, 4) is 0 Å². The van der Waals surface area contributed by atoms with Gasteiger partial charge in [0, 0.05) is 29.2 Å². The largest absolute Gasteiger partial charge is 0.351 e. The lowest BCUT2D eigenvalue weighted by Gasteiger charge is -2.22. The maximum absolute atomic E-state index is 12.4. The molecule has 0 radical (unpaired) electrons. The Morgan fingerprint density at radius 2 is 2.16 bits per heavy atom. The van der Waals surface area contributed by atoms with E-state index in [0.29, 0.717) is 17.9 Å². The van der Waals surface area contributed by atoms with Gasteiger partial charge in [0.15, 0.2) is 0 Å². The molecule has 3 amide bonds. The number of nitrogens with one attached hydrogen (secondary N) is 1. The van der Waals surface area contributed by atoms with Gasteiger partial charge < -0.3 is 16.0 Å². The number of carbonyl (C=O) groups is 2. The number of carbonyl (C=O) groups excluding carboxylic acids is 2. The molecular formula is C18H23N5O2. The van der Waals surface area contributed by atoms with E-state index in [-0.39, 0.29) is 11.9 Å². The van der Waals surface area contributed by atoms with Gasteiger partial charge in [-0.1, -0.05) is 12.6 Å². The molecule has 0 saturated carbocycles. The molecule has 0 unspecified atom stereocenters. The first-order chi connectivity index (χ1) is 11.8. The molecule has 7 nitrogen and oxygen atoms in total. The van der Waals surface area contributed by atoms with Crippen LogP contribution in [0.3, 0.4) is 0 Å². The number of rotatable bonds is 6. The Morgan fingerprint density at radius 3 is 2.72 bits per heavy atom. The monoisotopic (exact) mass is 341 g/mol. The van der Waals surface area contributed by atoms with Crippen molar-refractivity contribution in [2.24, 2.45) is 5.73 Å². The number of urea groups is 1. The molecule has 25 heavy (non-hydrogen) atoms. The van der Waals surface area contributed by atoms with Crippen LogP contribution in [0.2, 0.25) is 0 Å². The molecule has 1 aromatic carbocycles. The van der Waals surface area contributed by atoms with Gasteiger partial charge in [-0.2, -0.15) is 5.10 Å². The number of hydrogen-bond acceptors (Lipinski definition) is 3. The van der Waals surface area contributed by atoms with Crippen molar-refractivity contribution in [3.05, 3.63) is 54.4 Å². The van der Waals surface area contributed by atoms with E-state index in [1.165, 1.54) is 6.08 Å². The Morgan fingerprint density at radius 1 is 1.44 bits per heavy atom. The van der Waals surface area contributed by atoms with Gasteiger partial charge in [-0.3, -0.25) is 9.48 Å². The van der Waals surface area contributed by atoms with Crippen LogP contribution in [0, 0.1) is 6.92 Å². The molecule has 132 valence electrons. The van der Waals surface area contributed by atoms with Gasteiger partial charge in [-0.05, 0) is 45.0 Å². The maximum Gasteiger partial charge on any atom is 0.316 e. The van der Waals surface area contributed by atoms with Crippen LogP contribution in [-0.2, 0) is 11.3 Å². The summed E-state index contributed by atoms with van der Waals surface area (Å²) >= 11 is 0. The fraction of sp³-hybridized carbons (Fsp3) is 0.278. The molecule has 3 N–H and O–H groups in total. The van der Waals surface area contributed by atoms with Crippen LogP contribution in [0.5, 0.6) is 0 Å². The molecule has 0 atom stereocenters. The summed E-state index contributed by atoms with van der Waals surface area (Å²) in [6.07, 6.45) is 3.20. The Hall–Kier alpha value is -3.09. The molecule has 0 aliphatic heterocycles. The van der Waals surface area contributed by atoms with E-state index in [0.717, 1.165) is 11.3 Å². The number of nitrogens with two attached hydrogens (primary N) is 1. The quantitative estimate of drug-likeness (QED) is 0.791. The lowest BCUT2D eigenvalue weighted by atomic mass is 10.2. The van der Waals surface area contributed by atoms with Crippen LogP contribution in [0.4, 0.5) is 16.2 Å². The molecule has 1 aromatic heterocycles. The van der Waals surface area contributed by atoms with E-state index in [1.54, 1.807) is 29.2 Å². The van der Waals surface area contributed by atoms with E-state index < -0.39 is 6.03 Å². The molecular weight excluding hydrogens is 318 g/mol. The van der Waals surface area contributed by atoms with E-state index in [9.17, 15) is 9.59 Å².